The minimum atomic E-state index is -0.0974. The third-order valence-corrected chi connectivity index (χ3v) is 4.04. The van der Waals surface area contributed by atoms with Crippen LogP contribution in [0.2, 0.25) is 0 Å². The predicted octanol–water partition coefficient (Wildman–Crippen LogP) is 3.46. The number of aromatic amines is 1. The van der Waals surface area contributed by atoms with Crippen LogP contribution in [0.1, 0.15) is 21.5 Å². The number of hydrogen-bond acceptors (Lipinski definition) is 2. The van der Waals surface area contributed by atoms with E-state index in [0.29, 0.717) is 17.9 Å². The molecule has 0 fully saturated rings. The molecule has 3 rings (SSSR count). The molecule has 2 aromatic carbocycles. The normalized spacial score (nSPS) is 10.7. The van der Waals surface area contributed by atoms with Gasteiger partial charge in [0.15, 0.2) is 0 Å². The number of methoxy groups -OCH3 is 1. The van der Waals surface area contributed by atoms with E-state index in [0.717, 1.165) is 17.5 Å². The standard InChI is InChI=1S/C19H20N2O2/c1-13-6-5-9-17(23-2)18(13)19(22)20-11-10-14-12-21-16-8-4-3-7-15(14)16/h3-9,12,21H,10-11H2,1-2H3,(H,20,22). The Balaban J connectivity index is 1.68. The molecule has 0 aliphatic rings. The van der Waals surface area contributed by atoms with Crippen molar-refractivity contribution in [1.82, 2.24) is 10.3 Å². The number of fused-ring (bicyclic) bond motifs is 1. The van der Waals surface area contributed by atoms with Gasteiger partial charge in [-0.15, -0.1) is 0 Å². The maximum absolute atomic E-state index is 12.4. The van der Waals surface area contributed by atoms with E-state index in [-0.39, 0.29) is 5.91 Å². The molecule has 1 aromatic heterocycles. The zero-order valence-electron chi connectivity index (χ0n) is 13.3. The van der Waals surface area contributed by atoms with Crippen molar-refractivity contribution in [2.75, 3.05) is 13.7 Å². The second kappa shape index (κ2) is 6.57. The summed E-state index contributed by atoms with van der Waals surface area (Å²) >= 11 is 0. The van der Waals surface area contributed by atoms with Crippen molar-refractivity contribution in [2.24, 2.45) is 0 Å². The Morgan fingerprint density at radius 1 is 1.17 bits per heavy atom. The molecule has 0 spiro atoms. The number of rotatable bonds is 5. The van der Waals surface area contributed by atoms with E-state index in [4.69, 9.17) is 4.74 Å². The van der Waals surface area contributed by atoms with Crippen LogP contribution in [0.25, 0.3) is 10.9 Å². The number of ether oxygens (including phenoxy) is 1. The van der Waals surface area contributed by atoms with Crippen LogP contribution in [-0.2, 0) is 6.42 Å². The van der Waals surface area contributed by atoms with Crippen molar-refractivity contribution in [3.05, 3.63) is 65.4 Å². The summed E-state index contributed by atoms with van der Waals surface area (Å²) in [7, 11) is 1.58. The SMILES string of the molecule is COc1cccc(C)c1C(=O)NCCc1c[nH]c2ccccc12. The molecule has 1 heterocycles. The summed E-state index contributed by atoms with van der Waals surface area (Å²) in [5.41, 5.74) is 3.84. The van der Waals surface area contributed by atoms with Gasteiger partial charge in [-0.2, -0.15) is 0 Å². The Morgan fingerprint density at radius 2 is 2.00 bits per heavy atom. The van der Waals surface area contributed by atoms with Crippen LogP contribution in [-0.4, -0.2) is 24.5 Å². The number of amides is 1. The number of carbonyl (C=O) groups is 1. The second-order valence-electron chi connectivity index (χ2n) is 5.52. The summed E-state index contributed by atoms with van der Waals surface area (Å²) in [4.78, 5) is 15.7. The van der Waals surface area contributed by atoms with Crippen molar-refractivity contribution < 1.29 is 9.53 Å². The Kier molecular flexibility index (Phi) is 4.33. The van der Waals surface area contributed by atoms with Gasteiger partial charge in [-0.3, -0.25) is 4.79 Å². The Morgan fingerprint density at radius 3 is 2.83 bits per heavy atom. The predicted molar refractivity (Wildman–Crippen MR) is 92.1 cm³/mol. The van der Waals surface area contributed by atoms with Crippen molar-refractivity contribution in [3.63, 3.8) is 0 Å². The molecular formula is C19H20N2O2. The summed E-state index contributed by atoms with van der Waals surface area (Å²) in [6.07, 6.45) is 2.79. The zero-order valence-corrected chi connectivity index (χ0v) is 13.3. The average molecular weight is 308 g/mol. The number of benzene rings is 2. The smallest absolute Gasteiger partial charge is 0.255 e. The fourth-order valence-corrected chi connectivity index (χ4v) is 2.84. The summed E-state index contributed by atoms with van der Waals surface area (Å²) in [6.45, 7) is 2.50. The highest BCUT2D eigenvalue weighted by Crippen LogP contribution is 2.21. The number of para-hydroxylation sites is 1. The first kappa shape index (κ1) is 15.2. The molecule has 4 nitrogen and oxygen atoms in total. The zero-order chi connectivity index (χ0) is 16.2. The van der Waals surface area contributed by atoms with Crippen molar-refractivity contribution >= 4 is 16.8 Å². The first-order valence-electron chi connectivity index (χ1n) is 7.67. The lowest BCUT2D eigenvalue weighted by molar-refractivity contribution is 0.0950. The van der Waals surface area contributed by atoms with E-state index < -0.39 is 0 Å². The monoisotopic (exact) mass is 308 g/mol. The first-order chi connectivity index (χ1) is 11.2. The second-order valence-corrected chi connectivity index (χ2v) is 5.52. The van der Waals surface area contributed by atoms with Gasteiger partial charge in [0.1, 0.15) is 5.75 Å². The van der Waals surface area contributed by atoms with Crippen LogP contribution in [0.15, 0.2) is 48.7 Å². The number of nitrogens with one attached hydrogen (secondary N) is 2. The summed E-state index contributed by atoms with van der Waals surface area (Å²) in [5.74, 6) is 0.509. The van der Waals surface area contributed by atoms with E-state index >= 15 is 0 Å². The number of hydrogen-bond donors (Lipinski definition) is 2. The van der Waals surface area contributed by atoms with Crippen molar-refractivity contribution in [3.8, 4) is 5.75 Å². The molecule has 0 atom stereocenters. The molecule has 2 N–H and O–H groups in total. The third kappa shape index (κ3) is 3.06. The molecule has 0 aliphatic carbocycles. The molecule has 0 aliphatic heterocycles. The molecule has 0 unspecified atom stereocenters. The van der Waals surface area contributed by atoms with Gasteiger partial charge in [0.25, 0.3) is 5.91 Å². The fraction of sp³-hybridized carbons (Fsp3) is 0.211. The van der Waals surface area contributed by atoms with Crippen LogP contribution in [0, 0.1) is 6.92 Å². The highest BCUT2D eigenvalue weighted by Gasteiger charge is 2.14. The van der Waals surface area contributed by atoms with Gasteiger partial charge < -0.3 is 15.0 Å². The molecule has 3 aromatic rings. The van der Waals surface area contributed by atoms with E-state index in [1.54, 1.807) is 7.11 Å². The van der Waals surface area contributed by atoms with Crippen molar-refractivity contribution in [2.45, 2.75) is 13.3 Å². The molecular weight excluding hydrogens is 288 g/mol. The third-order valence-electron chi connectivity index (χ3n) is 4.04. The molecule has 0 saturated heterocycles. The highest BCUT2D eigenvalue weighted by molar-refractivity contribution is 5.98. The Hall–Kier alpha value is -2.75. The molecule has 0 radical (unpaired) electrons. The average Bonchev–Trinajstić information content (AvgIpc) is 2.98. The number of aromatic nitrogens is 1. The van der Waals surface area contributed by atoms with E-state index in [1.807, 2.05) is 43.5 Å². The first-order valence-corrected chi connectivity index (χ1v) is 7.67. The molecule has 0 saturated carbocycles. The molecule has 0 bridgehead atoms. The quantitative estimate of drug-likeness (QED) is 0.758. The van der Waals surface area contributed by atoms with Gasteiger partial charge in [0.2, 0.25) is 0 Å². The molecule has 118 valence electrons. The van der Waals surface area contributed by atoms with Crippen LogP contribution < -0.4 is 10.1 Å². The van der Waals surface area contributed by atoms with Gasteiger partial charge >= 0.3 is 0 Å². The minimum Gasteiger partial charge on any atom is -0.496 e. The van der Waals surface area contributed by atoms with Crippen LogP contribution in [0.4, 0.5) is 0 Å². The Bertz CT molecular complexity index is 836. The lowest BCUT2D eigenvalue weighted by Crippen LogP contribution is -2.26. The fourth-order valence-electron chi connectivity index (χ4n) is 2.84. The molecule has 1 amide bonds. The molecule has 4 heteroatoms. The largest absolute Gasteiger partial charge is 0.496 e. The van der Waals surface area contributed by atoms with Gasteiger partial charge in [-0.1, -0.05) is 30.3 Å². The van der Waals surface area contributed by atoms with Crippen LogP contribution >= 0.6 is 0 Å². The van der Waals surface area contributed by atoms with Crippen LogP contribution in [0.5, 0.6) is 5.75 Å². The van der Waals surface area contributed by atoms with Gasteiger partial charge in [-0.05, 0) is 36.6 Å². The highest BCUT2D eigenvalue weighted by atomic mass is 16.5. The summed E-state index contributed by atoms with van der Waals surface area (Å²) in [5, 5.41) is 4.19. The molecule has 23 heavy (non-hydrogen) atoms. The topological polar surface area (TPSA) is 54.1 Å². The van der Waals surface area contributed by atoms with E-state index in [2.05, 4.69) is 22.4 Å². The minimum absolute atomic E-state index is 0.0974. The summed E-state index contributed by atoms with van der Waals surface area (Å²) in [6, 6.07) is 13.8. The van der Waals surface area contributed by atoms with Gasteiger partial charge in [0, 0.05) is 23.6 Å². The van der Waals surface area contributed by atoms with Gasteiger partial charge in [-0.25, -0.2) is 0 Å². The number of aryl methyl sites for hydroxylation is 1. The number of carbonyl (C=O) groups excluding carboxylic acids is 1. The Labute approximate surface area is 135 Å². The number of H-pyrrole nitrogens is 1. The van der Waals surface area contributed by atoms with E-state index in [9.17, 15) is 4.79 Å². The lowest BCUT2D eigenvalue weighted by atomic mass is 10.1. The van der Waals surface area contributed by atoms with E-state index in [1.165, 1.54) is 10.9 Å². The maximum atomic E-state index is 12.4. The van der Waals surface area contributed by atoms with Gasteiger partial charge in [0.05, 0.1) is 12.7 Å². The van der Waals surface area contributed by atoms with Crippen molar-refractivity contribution in [1.29, 1.82) is 0 Å². The maximum Gasteiger partial charge on any atom is 0.255 e. The van der Waals surface area contributed by atoms with Crippen LogP contribution in [0.3, 0.4) is 0 Å². The summed E-state index contributed by atoms with van der Waals surface area (Å²) < 4.78 is 5.29. The lowest BCUT2D eigenvalue weighted by Gasteiger charge is -2.11.